The van der Waals surface area contributed by atoms with Crippen LogP contribution in [0.15, 0.2) is 0 Å². The summed E-state index contributed by atoms with van der Waals surface area (Å²) in [7, 11) is 0. The van der Waals surface area contributed by atoms with E-state index in [1.165, 1.54) is 57.1 Å². The molecule has 1 heterocycles. The molecule has 3 heteroatoms. The van der Waals surface area contributed by atoms with Gasteiger partial charge in [0, 0.05) is 18.2 Å². The van der Waals surface area contributed by atoms with Gasteiger partial charge < -0.3 is 5.32 Å². The number of thioether (sulfide) groups is 1. The Morgan fingerprint density at radius 2 is 2.00 bits per heavy atom. The number of rotatable bonds is 11. The lowest BCUT2D eigenvalue weighted by atomic mass is 10.1. The van der Waals surface area contributed by atoms with Crippen LogP contribution in [0, 0.1) is 0 Å². The molecule has 1 N–H and O–H groups in total. The van der Waals surface area contributed by atoms with E-state index in [1.807, 2.05) is 0 Å². The highest BCUT2D eigenvalue weighted by Crippen LogP contribution is 2.29. The van der Waals surface area contributed by atoms with Gasteiger partial charge in [-0.2, -0.15) is 11.8 Å². The first-order valence-electron chi connectivity index (χ1n) is 8.21. The maximum Gasteiger partial charge on any atom is 0.219 e. The topological polar surface area (TPSA) is 29.1 Å². The van der Waals surface area contributed by atoms with E-state index in [-0.39, 0.29) is 5.91 Å². The molecule has 1 amide bonds. The van der Waals surface area contributed by atoms with E-state index in [2.05, 4.69) is 24.0 Å². The summed E-state index contributed by atoms with van der Waals surface area (Å²) < 4.78 is 0. The summed E-state index contributed by atoms with van der Waals surface area (Å²) in [5.41, 5.74) is 0. The van der Waals surface area contributed by atoms with Gasteiger partial charge in [-0.15, -0.1) is 0 Å². The predicted octanol–water partition coefficient (Wildman–Crippen LogP) is 4.53. The van der Waals surface area contributed by atoms with Crippen LogP contribution in [0.1, 0.15) is 77.6 Å². The average molecular weight is 285 g/mol. The normalized spacial score (nSPS) is 18.7. The van der Waals surface area contributed by atoms with Crippen molar-refractivity contribution in [3.63, 3.8) is 0 Å². The Morgan fingerprint density at radius 3 is 2.74 bits per heavy atom. The number of hydrogen-bond donors (Lipinski definition) is 1. The Labute approximate surface area is 123 Å². The monoisotopic (exact) mass is 285 g/mol. The molecular weight excluding hydrogens is 254 g/mol. The molecule has 2 nitrogen and oxygen atoms in total. The van der Waals surface area contributed by atoms with Crippen molar-refractivity contribution in [1.29, 1.82) is 0 Å². The van der Waals surface area contributed by atoms with Gasteiger partial charge in [0.15, 0.2) is 0 Å². The van der Waals surface area contributed by atoms with Crippen LogP contribution in [0.25, 0.3) is 0 Å². The zero-order valence-corrected chi connectivity index (χ0v) is 13.4. The van der Waals surface area contributed by atoms with Crippen molar-refractivity contribution in [2.75, 3.05) is 12.3 Å². The molecule has 0 radical (unpaired) electrons. The van der Waals surface area contributed by atoms with Crippen molar-refractivity contribution in [2.24, 2.45) is 0 Å². The molecule has 1 fully saturated rings. The van der Waals surface area contributed by atoms with Crippen LogP contribution in [0.3, 0.4) is 0 Å². The fourth-order valence-corrected chi connectivity index (χ4v) is 3.91. The zero-order valence-electron chi connectivity index (χ0n) is 12.6. The van der Waals surface area contributed by atoms with Crippen molar-refractivity contribution in [3.8, 4) is 0 Å². The van der Waals surface area contributed by atoms with Gasteiger partial charge in [-0.05, 0) is 37.9 Å². The molecule has 19 heavy (non-hydrogen) atoms. The highest BCUT2D eigenvalue weighted by atomic mass is 32.2. The lowest BCUT2D eigenvalue weighted by Crippen LogP contribution is -2.24. The Hall–Kier alpha value is -0.180. The largest absolute Gasteiger partial charge is 0.356 e. The molecule has 1 atom stereocenters. The third kappa shape index (κ3) is 9.37. The van der Waals surface area contributed by atoms with Crippen molar-refractivity contribution in [1.82, 2.24) is 5.32 Å². The van der Waals surface area contributed by atoms with Crippen molar-refractivity contribution in [2.45, 2.75) is 82.8 Å². The van der Waals surface area contributed by atoms with Crippen molar-refractivity contribution < 1.29 is 4.79 Å². The van der Waals surface area contributed by atoms with Crippen LogP contribution in [-0.2, 0) is 4.79 Å². The second kappa shape index (κ2) is 11.6. The summed E-state index contributed by atoms with van der Waals surface area (Å²) in [6.45, 7) is 3.10. The fourth-order valence-electron chi connectivity index (χ4n) is 2.57. The maximum atomic E-state index is 11.6. The molecule has 0 aromatic carbocycles. The Balaban J connectivity index is 1.82. The van der Waals surface area contributed by atoms with Gasteiger partial charge in [0.25, 0.3) is 0 Å². The molecule has 0 bridgehead atoms. The lowest BCUT2D eigenvalue weighted by molar-refractivity contribution is -0.121. The highest BCUT2D eigenvalue weighted by Gasteiger charge is 2.14. The third-order valence-electron chi connectivity index (χ3n) is 3.81. The molecule has 0 aliphatic carbocycles. The van der Waals surface area contributed by atoms with E-state index in [9.17, 15) is 4.79 Å². The van der Waals surface area contributed by atoms with Crippen LogP contribution >= 0.6 is 11.8 Å². The molecule has 1 aliphatic rings. The zero-order chi connectivity index (χ0) is 13.8. The molecule has 1 aliphatic heterocycles. The van der Waals surface area contributed by atoms with Gasteiger partial charge in [-0.3, -0.25) is 4.79 Å². The number of unbranched alkanes of at least 4 members (excludes halogenated alkanes) is 5. The van der Waals surface area contributed by atoms with Crippen LogP contribution in [0.2, 0.25) is 0 Å². The molecule has 0 saturated carbocycles. The van der Waals surface area contributed by atoms with Crippen LogP contribution in [0.5, 0.6) is 0 Å². The second-order valence-corrected chi connectivity index (χ2v) is 7.05. The first-order chi connectivity index (χ1) is 9.33. The van der Waals surface area contributed by atoms with Gasteiger partial charge in [-0.25, -0.2) is 0 Å². The summed E-state index contributed by atoms with van der Waals surface area (Å²) in [6.07, 6.45) is 13.5. The molecule has 1 rings (SSSR count). The quantitative estimate of drug-likeness (QED) is 0.565. The molecular formula is C16H31NOS. The predicted molar refractivity (Wildman–Crippen MR) is 85.7 cm³/mol. The first kappa shape index (κ1) is 16.9. The minimum Gasteiger partial charge on any atom is -0.356 e. The Morgan fingerprint density at radius 1 is 1.16 bits per heavy atom. The van der Waals surface area contributed by atoms with E-state index in [0.29, 0.717) is 0 Å². The molecule has 0 aromatic rings. The molecule has 112 valence electrons. The highest BCUT2D eigenvalue weighted by molar-refractivity contribution is 8.00. The van der Waals surface area contributed by atoms with Gasteiger partial charge in [-0.1, -0.05) is 39.0 Å². The minimum absolute atomic E-state index is 0.259. The number of nitrogens with one attached hydrogen (secondary N) is 1. The Bertz CT molecular complexity index is 227. The van der Waals surface area contributed by atoms with Gasteiger partial charge in [0.1, 0.15) is 0 Å². The van der Waals surface area contributed by atoms with Crippen LogP contribution in [-0.4, -0.2) is 23.5 Å². The van der Waals surface area contributed by atoms with E-state index in [4.69, 9.17) is 0 Å². The van der Waals surface area contributed by atoms with Gasteiger partial charge >= 0.3 is 0 Å². The smallest absolute Gasteiger partial charge is 0.219 e. The first-order valence-corrected chi connectivity index (χ1v) is 9.26. The fraction of sp³-hybridized carbons (Fsp3) is 0.938. The van der Waals surface area contributed by atoms with Crippen molar-refractivity contribution in [3.05, 3.63) is 0 Å². The summed E-state index contributed by atoms with van der Waals surface area (Å²) in [6, 6.07) is 0. The van der Waals surface area contributed by atoms with Gasteiger partial charge in [0.05, 0.1) is 0 Å². The minimum atomic E-state index is 0.259. The summed E-state index contributed by atoms with van der Waals surface area (Å²) in [5, 5.41) is 3.93. The van der Waals surface area contributed by atoms with E-state index < -0.39 is 0 Å². The standard InChI is InChI=1S/C16H31NOS/c1-2-3-4-5-8-13-17-16(18)12-7-6-10-15-11-9-14-19-15/h15H,2-14H2,1H3,(H,17,18). The van der Waals surface area contributed by atoms with Crippen LogP contribution < -0.4 is 5.32 Å². The van der Waals surface area contributed by atoms with E-state index >= 15 is 0 Å². The van der Waals surface area contributed by atoms with Crippen LogP contribution in [0.4, 0.5) is 0 Å². The Kier molecular flexibility index (Phi) is 10.3. The molecule has 0 aromatic heterocycles. The lowest BCUT2D eigenvalue weighted by Gasteiger charge is -2.08. The van der Waals surface area contributed by atoms with Gasteiger partial charge in [0.2, 0.25) is 5.91 Å². The number of hydrogen-bond acceptors (Lipinski definition) is 2. The van der Waals surface area contributed by atoms with E-state index in [0.717, 1.165) is 31.1 Å². The summed E-state index contributed by atoms with van der Waals surface area (Å²) >= 11 is 2.12. The molecule has 0 spiro atoms. The average Bonchev–Trinajstić information content (AvgIpc) is 2.92. The molecule has 1 unspecified atom stereocenters. The summed E-state index contributed by atoms with van der Waals surface area (Å²) in [5.74, 6) is 1.61. The SMILES string of the molecule is CCCCCCCNC(=O)CCCCC1CCCS1. The number of amides is 1. The van der Waals surface area contributed by atoms with E-state index in [1.54, 1.807) is 0 Å². The van der Waals surface area contributed by atoms with Crippen molar-refractivity contribution >= 4 is 17.7 Å². The molecule has 1 saturated heterocycles. The number of carbonyl (C=O) groups is 1. The third-order valence-corrected chi connectivity index (χ3v) is 5.27. The second-order valence-electron chi connectivity index (χ2n) is 5.64. The number of carbonyl (C=O) groups excluding carboxylic acids is 1. The maximum absolute atomic E-state index is 11.6. The summed E-state index contributed by atoms with van der Waals surface area (Å²) in [4.78, 5) is 11.6.